The first-order valence-electron chi connectivity index (χ1n) is 12.3. The van der Waals surface area contributed by atoms with Gasteiger partial charge in [-0.1, -0.05) is 97.1 Å². The molecule has 2 aromatic heterocycles. The summed E-state index contributed by atoms with van der Waals surface area (Å²) in [6, 6.07) is 43.1. The second-order valence-corrected chi connectivity index (χ2v) is 9.42. The Hall–Kier alpha value is -4.82. The van der Waals surface area contributed by atoms with Crippen molar-refractivity contribution in [1.29, 1.82) is 0 Å². The van der Waals surface area contributed by atoms with Crippen LogP contribution < -0.4 is 0 Å². The van der Waals surface area contributed by atoms with Gasteiger partial charge in [-0.15, -0.1) is 0 Å². The zero-order chi connectivity index (χ0) is 23.6. The summed E-state index contributed by atoms with van der Waals surface area (Å²) in [4.78, 5) is 3.73. The van der Waals surface area contributed by atoms with Gasteiger partial charge >= 0.3 is 0 Å². The van der Waals surface area contributed by atoms with Crippen LogP contribution in [0.1, 0.15) is 0 Å². The zero-order valence-corrected chi connectivity index (χ0v) is 19.5. The third-order valence-corrected chi connectivity index (χ3v) is 7.41. The average molecular weight is 460 g/mol. The molecule has 0 aliphatic heterocycles. The van der Waals surface area contributed by atoms with Crippen LogP contribution in [0.4, 0.5) is 0 Å². The summed E-state index contributed by atoms with van der Waals surface area (Å²) in [5.74, 6) is 0. The summed E-state index contributed by atoms with van der Waals surface area (Å²) in [5.41, 5.74) is 8.96. The molecule has 0 saturated carbocycles. The molecule has 0 fully saturated rings. The third-order valence-electron chi connectivity index (χ3n) is 7.41. The van der Waals surface area contributed by atoms with Crippen LogP contribution in [-0.2, 0) is 0 Å². The molecule has 0 radical (unpaired) electrons. The van der Waals surface area contributed by atoms with Gasteiger partial charge in [-0.05, 0) is 51.7 Å². The third kappa shape index (κ3) is 2.73. The van der Waals surface area contributed by atoms with Crippen LogP contribution in [0.3, 0.4) is 0 Å². The first-order valence-corrected chi connectivity index (χ1v) is 12.3. The highest BCUT2D eigenvalue weighted by molar-refractivity contribution is 6.22. The van der Waals surface area contributed by atoms with Gasteiger partial charge in [0.15, 0.2) is 0 Å². The van der Waals surface area contributed by atoms with Gasteiger partial charge in [0.25, 0.3) is 0 Å². The van der Waals surface area contributed by atoms with Gasteiger partial charge < -0.3 is 9.40 Å². The summed E-state index contributed by atoms with van der Waals surface area (Å²) in [6.07, 6.45) is 0. The number of aromatic nitrogens is 1. The number of para-hydroxylation sites is 2. The standard InChI is InChI=1S/C34H21NO/c1-2-11-24-21(8-1)18-19-29-32(24)28-15-6-14-26(34(28)35-29)23-10-5-9-22(20-23)25-13-7-17-31-33(25)27-12-3-4-16-30(27)36-31/h1-20,35H. The SMILES string of the molecule is c1cc(-c2cccc3c2[nH]c2ccc4ccccc4c23)cc(-c2cccc3oc4ccccc4c23)c1. The summed E-state index contributed by atoms with van der Waals surface area (Å²) in [6.45, 7) is 0. The maximum atomic E-state index is 6.15. The Kier molecular flexibility index (Phi) is 3.97. The van der Waals surface area contributed by atoms with Gasteiger partial charge in [0.05, 0.1) is 5.52 Å². The maximum absolute atomic E-state index is 6.15. The fourth-order valence-electron chi connectivity index (χ4n) is 5.81. The highest BCUT2D eigenvalue weighted by atomic mass is 16.3. The van der Waals surface area contributed by atoms with Crippen LogP contribution in [-0.4, -0.2) is 4.98 Å². The average Bonchev–Trinajstić information content (AvgIpc) is 3.52. The van der Waals surface area contributed by atoms with E-state index in [1.807, 2.05) is 12.1 Å². The molecule has 0 aliphatic rings. The molecular formula is C34H21NO. The highest BCUT2D eigenvalue weighted by Crippen LogP contribution is 2.40. The Labute approximate surface area is 207 Å². The first-order chi connectivity index (χ1) is 17.8. The number of furan rings is 1. The molecule has 0 saturated heterocycles. The predicted molar refractivity (Wildman–Crippen MR) is 151 cm³/mol. The molecule has 2 heterocycles. The first kappa shape index (κ1) is 19.5. The largest absolute Gasteiger partial charge is 0.456 e. The molecule has 0 aliphatic carbocycles. The van der Waals surface area contributed by atoms with E-state index in [9.17, 15) is 0 Å². The molecule has 1 N–H and O–H groups in total. The monoisotopic (exact) mass is 459 g/mol. The van der Waals surface area contributed by atoms with Gasteiger partial charge in [0, 0.05) is 32.6 Å². The fourth-order valence-corrected chi connectivity index (χ4v) is 5.81. The van der Waals surface area contributed by atoms with E-state index < -0.39 is 0 Å². The van der Waals surface area contributed by atoms with Gasteiger partial charge in [-0.2, -0.15) is 0 Å². The fraction of sp³-hybridized carbons (Fsp3) is 0. The van der Waals surface area contributed by atoms with Crippen LogP contribution in [0, 0.1) is 0 Å². The minimum Gasteiger partial charge on any atom is -0.456 e. The Bertz CT molecular complexity index is 2110. The van der Waals surface area contributed by atoms with E-state index in [0.29, 0.717) is 0 Å². The minimum atomic E-state index is 0.920. The molecule has 6 aromatic carbocycles. The molecule has 2 nitrogen and oxygen atoms in total. The van der Waals surface area contributed by atoms with Crippen molar-refractivity contribution >= 4 is 54.5 Å². The number of benzene rings is 6. The number of H-pyrrole nitrogens is 1. The normalized spacial score (nSPS) is 11.9. The molecule has 0 atom stereocenters. The molecule has 2 heteroatoms. The van der Waals surface area contributed by atoms with Crippen LogP contribution in [0.2, 0.25) is 0 Å². The molecule has 0 spiro atoms. The van der Waals surface area contributed by atoms with Crippen LogP contribution in [0.25, 0.3) is 76.8 Å². The number of fused-ring (bicyclic) bond motifs is 8. The van der Waals surface area contributed by atoms with Crippen LogP contribution >= 0.6 is 0 Å². The lowest BCUT2D eigenvalue weighted by Crippen LogP contribution is -1.84. The van der Waals surface area contributed by atoms with Crippen molar-refractivity contribution in [3.63, 3.8) is 0 Å². The molecule has 0 bridgehead atoms. The molecule has 8 rings (SSSR count). The molecule has 36 heavy (non-hydrogen) atoms. The summed E-state index contributed by atoms with van der Waals surface area (Å²) >= 11 is 0. The molecule has 8 aromatic rings. The van der Waals surface area contributed by atoms with Gasteiger partial charge in [-0.25, -0.2) is 0 Å². The van der Waals surface area contributed by atoms with Crippen molar-refractivity contribution in [3.05, 3.63) is 121 Å². The Balaban J connectivity index is 1.37. The summed E-state index contributed by atoms with van der Waals surface area (Å²) in [5, 5.41) is 7.41. The number of rotatable bonds is 2. The van der Waals surface area contributed by atoms with E-state index in [4.69, 9.17) is 4.42 Å². The minimum absolute atomic E-state index is 0.920. The topological polar surface area (TPSA) is 28.9 Å². The zero-order valence-electron chi connectivity index (χ0n) is 19.5. The van der Waals surface area contributed by atoms with Gasteiger partial charge in [-0.3, -0.25) is 0 Å². The number of hydrogen-bond acceptors (Lipinski definition) is 1. The Morgan fingerprint density at radius 1 is 0.472 bits per heavy atom. The summed E-state index contributed by atoms with van der Waals surface area (Å²) < 4.78 is 6.15. The van der Waals surface area contributed by atoms with Crippen molar-refractivity contribution in [2.75, 3.05) is 0 Å². The second kappa shape index (κ2) is 7.34. The highest BCUT2D eigenvalue weighted by Gasteiger charge is 2.15. The van der Waals surface area contributed by atoms with Crippen molar-refractivity contribution in [2.24, 2.45) is 0 Å². The molecule has 0 unspecified atom stereocenters. The lowest BCUT2D eigenvalue weighted by molar-refractivity contribution is 0.669. The van der Waals surface area contributed by atoms with Crippen molar-refractivity contribution in [3.8, 4) is 22.3 Å². The van der Waals surface area contributed by atoms with E-state index >= 15 is 0 Å². The van der Waals surface area contributed by atoms with E-state index in [1.165, 1.54) is 60.2 Å². The summed E-state index contributed by atoms with van der Waals surface area (Å²) in [7, 11) is 0. The lowest BCUT2D eigenvalue weighted by atomic mass is 9.95. The van der Waals surface area contributed by atoms with E-state index in [1.54, 1.807) is 0 Å². The maximum Gasteiger partial charge on any atom is 0.136 e. The Morgan fingerprint density at radius 2 is 1.17 bits per heavy atom. The smallest absolute Gasteiger partial charge is 0.136 e. The quantitative estimate of drug-likeness (QED) is 0.274. The van der Waals surface area contributed by atoms with Crippen LogP contribution in [0.15, 0.2) is 126 Å². The van der Waals surface area contributed by atoms with Crippen molar-refractivity contribution < 1.29 is 4.42 Å². The van der Waals surface area contributed by atoms with Gasteiger partial charge in [0.2, 0.25) is 0 Å². The molecular weight excluding hydrogens is 438 g/mol. The molecule has 0 amide bonds. The number of hydrogen-bond donors (Lipinski definition) is 1. The number of aromatic amines is 1. The van der Waals surface area contributed by atoms with E-state index in [2.05, 4.69) is 114 Å². The van der Waals surface area contributed by atoms with Crippen molar-refractivity contribution in [2.45, 2.75) is 0 Å². The number of nitrogens with one attached hydrogen (secondary N) is 1. The van der Waals surface area contributed by atoms with E-state index in [-0.39, 0.29) is 0 Å². The lowest BCUT2D eigenvalue weighted by Gasteiger charge is -2.09. The van der Waals surface area contributed by atoms with Crippen molar-refractivity contribution in [1.82, 2.24) is 4.98 Å². The Morgan fingerprint density at radius 3 is 2.11 bits per heavy atom. The predicted octanol–water partition coefficient (Wildman–Crippen LogP) is 9.71. The second-order valence-electron chi connectivity index (χ2n) is 9.42. The van der Waals surface area contributed by atoms with Crippen LogP contribution in [0.5, 0.6) is 0 Å². The van der Waals surface area contributed by atoms with E-state index in [0.717, 1.165) is 16.6 Å². The molecule has 168 valence electrons. The van der Waals surface area contributed by atoms with Gasteiger partial charge in [0.1, 0.15) is 11.2 Å².